The normalized spacial score (nSPS) is 26.1. The summed E-state index contributed by atoms with van der Waals surface area (Å²) in [5.74, 6) is 0.444. The number of amides is 2. The summed E-state index contributed by atoms with van der Waals surface area (Å²) in [5, 5.41) is 3.48. The Morgan fingerprint density at radius 3 is 2.25 bits per heavy atom. The van der Waals surface area contributed by atoms with Crippen LogP contribution < -0.4 is 5.32 Å². The summed E-state index contributed by atoms with van der Waals surface area (Å²) in [5.41, 5.74) is -0.252. The molecule has 1 unspecified atom stereocenters. The summed E-state index contributed by atoms with van der Waals surface area (Å²) in [6, 6.07) is 0.0667. The Kier molecular flexibility index (Phi) is 4.09. The van der Waals surface area contributed by atoms with E-state index in [1.807, 2.05) is 30.6 Å². The van der Waals surface area contributed by atoms with Gasteiger partial charge in [0, 0.05) is 37.9 Å². The largest absolute Gasteiger partial charge is 0.342 e. The standard InChI is InChI=1S/C15H27N3O2/c1-10(2)13(19)17-8-6-15(7-9-17)16-12(5)14(20)18(15)11(3)4/h10-12,16H,6-9H2,1-5H3. The highest BCUT2D eigenvalue weighted by Crippen LogP contribution is 2.34. The molecule has 2 fully saturated rings. The van der Waals surface area contributed by atoms with Crippen molar-refractivity contribution in [2.75, 3.05) is 13.1 Å². The Morgan fingerprint density at radius 1 is 1.25 bits per heavy atom. The van der Waals surface area contributed by atoms with E-state index < -0.39 is 0 Å². The molecule has 2 rings (SSSR count). The number of carbonyl (C=O) groups excluding carboxylic acids is 2. The number of rotatable bonds is 2. The Balaban J connectivity index is 2.11. The number of nitrogens with one attached hydrogen (secondary N) is 1. The average molecular weight is 281 g/mol. The van der Waals surface area contributed by atoms with Crippen LogP contribution in [0.15, 0.2) is 0 Å². The molecule has 2 aliphatic heterocycles. The van der Waals surface area contributed by atoms with Crippen LogP contribution in [0.4, 0.5) is 0 Å². The maximum Gasteiger partial charge on any atom is 0.241 e. The van der Waals surface area contributed by atoms with E-state index >= 15 is 0 Å². The van der Waals surface area contributed by atoms with Crippen molar-refractivity contribution in [1.82, 2.24) is 15.1 Å². The van der Waals surface area contributed by atoms with Gasteiger partial charge in [-0.3, -0.25) is 14.9 Å². The van der Waals surface area contributed by atoms with Crippen LogP contribution in [-0.2, 0) is 9.59 Å². The molecule has 5 nitrogen and oxygen atoms in total. The van der Waals surface area contributed by atoms with Crippen LogP contribution in [0.5, 0.6) is 0 Å². The molecule has 0 saturated carbocycles. The number of likely N-dealkylation sites (tertiary alicyclic amines) is 1. The first-order valence-corrected chi connectivity index (χ1v) is 7.68. The first-order valence-electron chi connectivity index (χ1n) is 7.68. The molecule has 0 aromatic rings. The topological polar surface area (TPSA) is 52.7 Å². The van der Waals surface area contributed by atoms with Crippen LogP contribution in [0.3, 0.4) is 0 Å². The van der Waals surface area contributed by atoms with Gasteiger partial charge in [0.05, 0.1) is 11.7 Å². The van der Waals surface area contributed by atoms with E-state index in [-0.39, 0.29) is 35.5 Å². The molecule has 0 aromatic carbocycles. The van der Waals surface area contributed by atoms with Crippen molar-refractivity contribution in [1.29, 1.82) is 0 Å². The number of hydrogen-bond donors (Lipinski definition) is 1. The highest BCUT2D eigenvalue weighted by Gasteiger charge is 2.51. The maximum atomic E-state index is 12.3. The fourth-order valence-electron chi connectivity index (χ4n) is 3.55. The van der Waals surface area contributed by atoms with E-state index in [0.717, 1.165) is 25.9 Å². The van der Waals surface area contributed by atoms with Gasteiger partial charge in [0.25, 0.3) is 0 Å². The van der Waals surface area contributed by atoms with Gasteiger partial charge in [-0.2, -0.15) is 0 Å². The average Bonchev–Trinajstić information content (AvgIpc) is 2.61. The summed E-state index contributed by atoms with van der Waals surface area (Å²) in [4.78, 5) is 28.3. The summed E-state index contributed by atoms with van der Waals surface area (Å²) < 4.78 is 0. The molecule has 2 heterocycles. The van der Waals surface area contributed by atoms with Gasteiger partial charge in [-0.05, 0) is 20.8 Å². The maximum absolute atomic E-state index is 12.3. The minimum absolute atomic E-state index is 0.0438. The van der Waals surface area contributed by atoms with Crippen molar-refractivity contribution in [2.24, 2.45) is 5.92 Å². The number of piperidine rings is 1. The SMILES string of the molecule is CC(C)C(=O)N1CCC2(CC1)NC(C)C(=O)N2C(C)C. The van der Waals surface area contributed by atoms with Crippen molar-refractivity contribution in [3.63, 3.8) is 0 Å². The first kappa shape index (κ1) is 15.3. The molecule has 20 heavy (non-hydrogen) atoms. The van der Waals surface area contributed by atoms with Gasteiger partial charge in [0.2, 0.25) is 11.8 Å². The quantitative estimate of drug-likeness (QED) is 0.827. The van der Waals surface area contributed by atoms with Crippen molar-refractivity contribution in [3.8, 4) is 0 Å². The van der Waals surface area contributed by atoms with E-state index in [2.05, 4.69) is 19.2 Å². The zero-order chi connectivity index (χ0) is 15.1. The Morgan fingerprint density at radius 2 is 1.80 bits per heavy atom. The molecule has 2 saturated heterocycles. The van der Waals surface area contributed by atoms with Crippen LogP contribution in [0.1, 0.15) is 47.5 Å². The van der Waals surface area contributed by atoms with Crippen LogP contribution in [0, 0.1) is 5.92 Å². The molecular formula is C15H27N3O2. The molecule has 0 aliphatic carbocycles. The lowest BCUT2D eigenvalue weighted by atomic mass is 9.94. The smallest absolute Gasteiger partial charge is 0.241 e. The third-order valence-corrected chi connectivity index (χ3v) is 4.47. The monoisotopic (exact) mass is 281 g/mol. The third-order valence-electron chi connectivity index (χ3n) is 4.47. The molecule has 5 heteroatoms. The summed E-state index contributed by atoms with van der Waals surface area (Å²) in [6.07, 6.45) is 1.64. The lowest BCUT2D eigenvalue weighted by Gasteiger charge is -2.46. The van der Waals surface area contributed by atoms with Gasteiger partial charge in [-0.25, -0.2) is 0 Å². The predicted octanol–water partition coefficient (Wildman–Crippen LogP) is 1.19. The third kappa shape index (κ3) is 2.43. The molecule has 1 N–H and O–H groups in total. The molecule has 114 valence electrons. The van der Waals surface area contributed by atoms with Crippen LogP contribution >= 0.6 is 0 Å². The predicted molar refractivity (Wildman–Crippen MR) is 78.0 cm³/mol. The number of nitrogens with zero attached hydrogens (tertiary/aromatic N) is 2. The van der Waals surface area contributed by atoms with Gasteiger partial charge in [-0.1, -0.05) is 13.8 Å². The zero-order valence-corrected chi connectivity index (χ0v) is 13.3. The van der Waals surface area contributed by atoms with Gasteiger partial charge < -0.3 is 9.80 Å². The van der Waals surface area contributed by atoms with E-state index in [1.165, 1.54) is 0 Å². The first-order chi connectivity index (χ1) is 9.28. The van der Waals surface area contributed by atoms with Crippen LogP contribution in [0.25, 0.3) is 0 Å². The zero-order valence-electron chi connectivity index (χ0n) is 13.3. The van der Waals surface area contributed by atoms with Gasteiger partial charge in [0.15, 0.2) is 0 Å². The Labute approximate surface area is 121 Å². The minimum atomic E-state index is -0.252. The molecule has 1 atom stereocenters. The molecule has 1 spiro atoms. The minimum Gasteiger partial charge on any atom is -0.342 e. The van der Waals surface area contributed by atoms with Crippen LogP contribution in [-0.4, -0.2) is 52.5 Å². The van der Waals surface area contributed by atoms with Crippen molar-refractivity contribution < 1.29 is 9.59 Å². The van der Waals surface area contributed by atoms with Gasteiger partial charge in [0.1, 0.15) is 0 Å². The molecule has 2 amide bonds. The molecular weight excluding hydrogens is 254 g/mol. The number of carbonyl (C=O) groups is 2. The van der Waals surface area contributed by atoms with Crippen molar-refractivity contribution in [3.05, 3.63) is 0 Å². The van der Waals surface area contributed by atoms with Gasteiger partial charge in [-0.15, -0.1) is 0 Å². The second-order valence-electron chi connectivity index (χ2n) is 6.68. The summed E-state index contributed by atoms with van der Waals surface area (Å²) >= 11 is 0. The second kappa shape index (κ2) is 5.35. The van der Waals surface area contributed by atoms with Crippen molar-refractivity contribution in [2.45, 2.75) is 65.2 Å². The van der Waals surface area contributed by atoms with E-state index in [9.17, 15) is 9.59 Å². The van der Waals surface area contributed by atoms with E-state index in [1.54, 1.807) is 0 Å². The lowest BCUT2D eigenvalue weighted by Crippen LogP contribution is -2.61. The Hall–Kier alpha value is -1.10. The van der Waals surface area contributed by atoms with Gasteiger partial charge >= 0.3 is 0 Å². The second-order valence-corrected chi connectivity index (χ2v) is 6.68. The fourth-order valence-corrected chi connectivity index (χ4v) is 3.55. The highest BCUT2D eigenvalue weighted by molar-refractivity contribution is 5.85. The van der Waals surface area contributed by atoms with E-state index in [4.69, 9.17) is 0 Å². The molecule has 0 radical (unpaired) electrons. The van der Waals surface area contributed by atoms with Crippen molar-refractivity contribution >= 4 is 11.8 Å². The molecule has 0 bridgehead atoms. The molecule has 0 aromatic heterocycles. The number of hydrogen-bond acceptors (Lipinski definition) is 3. The fraction of sp³-hybridized carbons (Fsp3) is 0.867. The summed E-state index contributed by atoms with van der Waals surface area (Å²) in [6.45, 7) is 11.4. The highest BCUT2D eigenvalue weighted by atomic mass is 16.2. The van der Waals surface area contributed by atoms with Crippen LogP contribution in [0.2, 0.25) is 0 Å². The Bertz CT molecular complexity index is 398. The molecule has 2 aliphatic rings. The lowest BCUT2D eigenvalue weighted by molar-refractivity contribution is -0.140. The van der Waals surface area contributed by atoms with E-state index in [0.29, 0.717) is 0 Å². The summed E-state index contributed by atoms with van der Waals surface area (Å²) in [7, 11) is 0.